The van der Waals surface area contributed by atoms with E-state index in [1.165, 1.54) is 0 Å². The number of fused-ring (bicyclic) bond motifs is 3. The van der Waals surface area contributed by atoms with Crippen LogP contribution in [0.2, 0.25) is 0 Å². The third-order valence-corrected chi connectivity index (χ3v) is 7.17. The molecule has 0 amide bonds. The first-order valence-corrected chi connectivity index (χ1v) is 11.2. The number of ketones is 1. The van der Waals surface area contributed by atoms with Crippen molar-refractivity contribution >= 4 is 5.78 Å². The van der Waals surface area contributed by atoms with Gasteiger partial charge in [-0.25, -0.2) is 9.97 Å². The van der Waals surface area contributed by atoms with E-state index in [1.807, 2.05) is 62.4 Å². The first-order chi connectivity index (χ1) is 16.0. The van der Waals surface area contributed by atoms with Crippen molar-refractivity contribution < 1.29 is 9.53 Å². The molecule has 0 saturated carbocycles. The molecule has 2 aromatic carbocycles. The van der Waals surface area contributed by atoms with Gasteiger partial charge in [-0.15, -0.1) is 0 Å². The molecule has 5 rings (SSSR count). The maximum absolute atomic E-state index is 13.0. The predicted octanol–water partition coefficient (Wildman–Crippen LogP) is 4.98. The van der Waals surface area contributed by atoms with Crippen LogP contribution >= 0.6 is 0 Å². The summed E-state index contributed by atoms with van der Waals surface area (Å²) in [6.45, 7) is 3.86. The molecule has 2 aliphatic rings. The van der Waals surface area contributed by atoms with E-state index >= 15 is 0 Å². The summed E-state index contributed by atoms with van der Waals surface area (Å²) in [7, 11) is 1.66. The Morgan fingerprint density at radius 2 is 1.91 bits per heavy atom. The van der Waals surface area contributed by atoms with Gasteiger partial charge >= 0.3 is 0 Å². The van der Waals surface area contributed by atoms with Crippen LogP contribution in [0.5, 0.6) is 5.75 Å². The van der Waals surface area contributed by atoms with E-state index in [4.69, 9.17) is 14.7 Å². The van der Waals surface area contributed by atoms with Gasteiger partial charge in [-0.2, -0.15) is 5.26 Å². The fraction of sp³-hybridized carbons (Fsp3) is 0.286. The minimum Gasteiger partial charge on any atom is -0.497 e. The molecule has 0 radical (unpaired) electrons. The lowest BCUT2D eigenvalue weighted by atomic mass is 9.54. The average molecular weight is 436 g/mol. The maximum atomic E-state index is 13.0. The van der Waals surface area contributed by atoms with Crippen LogP contribution in [0.3, 0.4) is 0 Å². The van der Waals surface area contributed by atoms with Gasteiger partial charge in [0.25, 0.3) is 0 Å². The highest BCUT2D eigenvalue weighted by Crippen LogP contribution is 2.54. The number of allylic oxidation sites excluding steroid dienone is 2. The number of aromatic nitrogens is 2. The maximum Gasteiger partial charge on any atom is 0.176 e. The van der Waals surface area contributed by atoms with E-state index in [0.717, 1.165) is 46.7 Å². The molecule has 33 heavy (non-hydrogen) atoms. The van der Waals surface area contributed by atoms with Gasteiger partial charge in [0.2, 0.25) is 0 Å². The summed E-state index contributed by atoms with van der Waals surface area (Å²) in [6.07, 6.45) is 3.47. The third kappa shape index (κ3) is 3.17. The predicted molar refractivity (Wildman–Crippen MR) is 126 cm³/mol. The number of carbonyl (C=O) groups excluding carboxylic acids is 1. The number of rotatable bonds is 3. The van der Waals surface area contributed by atoms with Gasteiger partial charge < -0.3 is 4.74 Å². The first-order valence-electron chi connectivity index (χ1n) is 11.2. The lowest BCUT2D eigenvalue weighted by Crippen LogP contribution is -2.48. The molecule has 5 heteroatoms. The van der Waals surface area contributed by atoms with Gasteiger partial charge in [0.1, 0.15) is 17.6 Å². The van der Waals surface area contributed by atoms with Crippen LogP contribution in [-0.2, 0) is 16.6 Å². The fourth-order valence-corrected chi connectivity index (χ4v) is 5.67. The van der Waals surface area contributed by atoms with Crippen LogP contribution in [0.25, 0.3) is 11.3 Å². The van der Waals surface area contributed by atoms with Crippen LogP contribution in [0.1, 0.15) is 36.0 Å². The summed E-state index contributed by atoms with van der Waals surface area (Å²) < 4.78 is 5.45. The van der Waals surface area contributed by atoms with E-state index in [0.29, 0.717) is 5.82 Å². The molecule has 0 bridgehead atoms. The van der Waals surface area contributed by atoms with E-state index in [-0.39, 0.29) is 23.2 Å². The summed E-state index contributed by atoms with van der Waals surface area (Å²) in [5.41, 5.74) is 4.46. The Hall–Kier alpha value is -3.78. The normalized spacial score (nSPS) is 23.7. The zero-order valence-corrected chi connectivity index (χ0v) is 19.0. The summed E-state index contributed by atoms with van der Waals surface area (Å²) in [5.74, 6) is 1.11. The molecule has 3 atom stereocenters. The van der Waals surface area contributed by atoms with Crippen LogP contribution < -0.4 is 4.74 Å². The fourth-order valence-electron chi connectivity index (χ4n) is 5.67. The Morgan fingerprint density at radius 3 is 2.64 bits per heavy atom. The standard InChI is InChI=1S/C28H25N3O2/c1-17-24-13-12-23-25(19-8-7-11-22(14-19)33-3)30-18(2)31-27(23)28(24,15-20(16-29)26(17)32)21-9-5-4-6-10-21/h4-11,14-15,17,24H,12-13H2,1-3H3/t17-,24-,28+/m0/s1. The Kier molecular flexibility index (Phi) is 5.09. The minimum atomic E-state index is -0.658. The molecule has 3 aromatic rings. The van der Waals surface area contributed by atoms with Crippen LogP contribution in [0.4, 0.5) is 0 Å². The molecule has 0 aliphatic heterocycles. The monoisotopic (exact) mass is 435 g/mol. The molecule has 1 heterocycles. The van der Waals surface area contributed by atoms with E-state index < -0.39 is 5.41 Å². The topological polar surface area (TPSA) is 75.9 Å². The van der Waals surface area contributed by atoms with Gasteiger partial charge in [-0.3, -0.25) is 4.79 Å². The second-order valence-electron chi connectivity index (χ2n) is 8.88. The number of methoxy groups -OCH3 is 1. The number of hydrogen-bond acceptors (Lipinski definition) is 5. The number of nitriles is 1. The highest BCUT2D eigenvalue weighted by Gasteiger charge is 2.53. The lowest BCUT2D eigenvalue weighted by Gasteiger charge is -2.48. The van der Waals surface area contributed by atoms with Crippen LogP contribution in [0.15, 0.2) is 66.2 Å². The second kappa shape index (κ2) is 7.97. The molecular formula is C28H25N3O2. The van der Waals surface area contributed by atoms with Crippen LogP contribution in [0, 0.1) is 30.1 Å². The number of hydrogen-bond donors (Lipinski definition) is 0. The Balaban J connectivity index is 1.86. The average Bonchev–Trinajstić information content (AvgIpc) is 2.86. The van der Waals surface area contributed by atoms with Gasteiger partial charge in [0, 0.05) is 17.0 Å². The van der Waals surface area contributed by atoms with Crippen molar-refractivity contribution in [2.75, 3.05) is 7.11 Å². The van der Waals surface area contributed by atoms with Crippen molar-refractivity contribution in [3.8, 4) is 23.1 Å². The molecule has 164 valence electrons. The SMILES string of the molecule is COc1cccc(-c2nc(C)nc3c2CC[C@H]2[C@H](C)C(=O)C(C#N)=C[C@]32c2ccccc2)c1. The van der Waals surface area contributed by atoms with Gasteiger partial charge in [-0.1, -0.05) is 49.4 Å². The highest BCUT2D eigenvalue weighted by atomic mass is 16.5. The molecule has 0 unspecified atom stereocenters. The number of carbonyl (C=O) groups is 1. The summed E-state index contributed by atoms with van der Waals surface area (Å²) in [4.78, 5) is 22.8. The molecular weight excluding hydrogens is 410 g/mol. The van der Waals surface area contributed by atoms with Crippen molar-refractivity contribution in [3.63, 3.8) is 0 Å². The summed E-state index contributed by atoms with van der Waals surface area (Å²) >= 11 is 0. The highest BCUT2D eigenvalue weighted by molar-refractivity contribution is 6.02. The third-order valence-electron chi connectivity index (χ3n) is 7.17. The molecule has 2 aliphatic carbocycles. The Morgan fingerprint density at radius 1 is 1.12 bits per heavy atom. The number of ether oxygens (including phenoxy) is 1. The lowest BCUT2D eigenvalue weighted by molar-refractivity contribution is -0.121. The second-order valence-corrected chi connectivity index (χ2v) is 8.88. The number of benzene rings is 2. The largest absolute Gasteiger partial charge is 0.497 e. The van der Waals surface area contributed by atoms with Gasteiger partial charge in [0.15, 0.2) is 5.78 Å². The van der Waals surface area contributed by atoms with Gasteiger partial charge in [0.05, 0.1) is 29.5 Å². The smallest absolute Gasteiger partial charge is 0.176 e. The molecule has 5 nitrogen and oxygen atoms in total. The van der Waals surface area contributed by atoms with Crippen molar-refractivity contribution in [2.24, 2.45) is 11.8 Å². The summed E-state index contributed by atoms with van der Waals surface area (Å²) in [5, 5.41) is 9.84. The number of Topliss-reactive ketones (excluding diaryl/α,β-unsaturated/α-hetero) is 1. The first kappa shape index (κ1) is 21.1. The van der Waals surface area contributed by atoms with Crippen molar-refractivity contribution in [1.29, 1.82) is 5.26 Å². The molecule has 0 spiro atoms. The number of nitrogens with zero attached hydrogens (tertiary/aromatic N) is 3. The van der Waals surface area contributed by atoms with Crippen molar-refractivity contribution in [1.82, 2.24) is 9.97 Å². The van der Waals surface area contributed by atoms with Crippen molar-refractivity contribution in [3.05, 3.63) is 88.9 Å². The van der Waals surface area contributed by atoms with E-state index in [1.54, 1.807) is 7.11 Å². The van der Waals surface area contributed by atoms with E-state index in [9.17, 15) is 10.1 Å². The van der Waals surface area contributed by atoms with E-state index in [2.05, 4.69) is 18.2 Å². The number of aryl methyl sites for hydroxylation is 1. The molecule has 0 fully saturated rings. The summed E-state index contributed by atoms with van der Waals surface area (Å²) in [6, 6.07) is 20.2. The van der Waals surface area contributed by atoms with Crippen molar-refractivity contribution in [2.45, 2.75) is 32.1 Å². The Bertz CT molecular complexity index is 1320. The zero-order valence-electron chi connectivity index (χ0n) is 19.0. The molecule has 0 N–H and O–H groups in total. The minimum absolute atomic E-state index is 0.0180. The van der Waals surface area contributed by atoms with Crippen LogP contribution in [-0.4, -0.2) is 22.9 Å². The molecule has 1 aromatic heterocycles. The zero-order chi connectivity index (χ0) is 23.2. The quantitative estimate of drug-likeness (QED) is 0.580. The molecule has 0 saturated heterocycles. The van der Waals surface area contributed by atoms with Gasteiger partial charge in [-0.05, 0) is 49.5 Å². The Labute approximate surface area is 193 Å².